The molecule has 244 valence electrons. The molecule has 2 rings (SSSR count). The second kappa shape index (κ2) is 20.1. The maximum atomic E-state index is 13.0. The molecule has 11 nitrogen and oxygen atoms in total. The highest BCUT2D eigenvalue weighted by molar-refractivity contribution is 5.97. The van der Waals surface area contributed by atoms with Gasteiger partial charge in [0, 0.05) is 24.3 Å². The average molecular weight is 634 g/mol. The molecule has 0 aromatic heterocycles. The normalized spacial score (nSPS) is 12.4. The monoisotopic (exact) mass is 633 g/mol. The van der Waals surface area contributed by atoms with Crippen LogP contribution >= 0.6 is 0 Å². The second-order valence-electron chi connectivity index (χ2n) is 9.70. The third-order valence-electron chi connectivity index (χ3n) is 5.63. The molecule has 14 heteroatoms. The number of primary amides is 1. The van der Waals surface area contributed by atoms with E-state index in [4.69, 9.17) is 5.73 Å². The van der Waals surface area contributed by atoms with Gasteiger partial charge in [-0.3, -0.25) is 24.0 Å². The van der Waals surface area contributed by atoms with E-state index >= 15 is 0 Å². The van der Waals surface area contributed by atoms with Crippen LogP contribution in [0.5, 0.6) is 0 Å². The van der Waals surface area contributed by atoms with Gasteiger partial charge in [-0.2, -0.15) is 13.2 Å². The summed E-state index contributed by atoms with van der Waals surface area (Å²) in [7, 11) is 0. The number of hydrogen-bond acceptors (Lipinski definition) is 6. The Bertz CT molecular complexity index is 1310. The number of carbonyl (C=O) groups is 5. The second-order valence-corrected chi connectivity index (χ2v) is 9.70. The van der Waals surface area contributed by atoms with Crippen molar-refractivity contribution >= 4 is 29.5 Å². The Morgan fingerprint density at radius 2 is 1.40 bits per heavy atom. The van der Waals surface area contributed by atoms with E-state index in [2.05, 4.69) is 41.6 Å². The van der Waals surface area contributed by atoms with E-state index < -0.39 is 79.8 Å². The average Bonchev–Trinajstić information content (AvgIpc) is 3.00. The number of benzene rings is 2. The van der Waals surface area contributed by atoms with Crippen molar-refractivity contribution in [3.8, 4) is 11.8 Å². The van der Waals surface area contributed by atoms with Crippen LogP contribution in [0.2, 0.25) is 0 Å². The highest BCUT2D eigenvalue weighted by Crippen LogP contribution is 2.24. The van der Waals surface area contributed by atoms with Crippen LogP contribution < -0.4 is 27.0 Å². The summed E-state index contributed by atoms with van der Waals surface area (Å²) in [6, 6.07) is 14.0. The number of alkyl halides is 3. The molecule has 0 fully saturated rings. The summed E-state index contributed by atoms with van der Waals surface area (Å²) in [5.41, 5.74) is 6.19. The van der Waals surface area contributed by atoms with Gasteiger partial charge < -0.3 is 32.1 Å². The van der Waals surface area contributed by atoms with Gasteiger partial charge in [-0.25, -0.2) is 0 Å². The van der Waals surface area contributed by atoms with E-state index in [1.54, 1.807) is 60.7 Å². The molecule has 0 spiro atoms. The van der Waals surface area contributed by atoms with E-state index in [1.807, 2.05) is 5.32 Å². The summed E-state index contributed by atoms with van der Waals surface area (Å²) in [4.78, 5) is 60.7. The minimum Gasteiger partial charge on any atom is -0.382 e. The number of rotatable bonds is 13. The van der Waals surface area contributed by atoms with Gasteiger partial charge in [0.1, 0.15) is 6.04 Å². The van der Waals surface area contributed by atoms with Gasteiger partial charge in [-0.15, -0.1) is 0 Å². The predicted octanol–water partition coefficient (Wildman–Crippen LogP) is 1.09. The fourth-order valence-electron chi connectivity index (χ4n) is 3.54. The van der Waals surface area contributed by atoms with Gasteiger partial charge >= 0.3 is 6.18 Å². The Labute approximate surface area is 259 Å². The maximum absolute atomic E-state index is 13.0. The van der Waals surface area contributed by atoms with Gasteiger partial charge in [-0.1, -0.05) is 74.7 Å². The molecule has 0 aliphatic carbocycles. The third kappa shape index (κ3) is 16.5. The Morgan fingerprint density at radius 3 is 1.96 bits per heavy atom. The van der Waals surface area contributed by atoms with Crippen LogP contribution in [0.15, 0.2) is 60.7 Å². The number of carbonyl (C=O) groups excluding carboxylic acids is 5. The van der Waals surface area contributed by atoms with Crippen LogP contribution in [-0.4, -0.2) is 72.1 Å². The molecule has 3 atom stereocenters. The molecule has 0 heterocycles. The van der Waals surface area contributed by atoms with Crippen molar-refractivity contribution in [2.45, 2.75) is 63.9 Å². The number of hydrogen-bond donors (Lipinski definition) is 6. The van der Waals surface area contributed by atoms with E-state index in [9.17, 15) is 42.3 Å². The summed E-state index contributed by atoms with van der Waals surface area (Å²) >= 11 is 0. The van der Waals surface area contributed by atoms with Crippen LogP contribution in [0.25, 0.3) is 0 Å². The summed E-state index contributed by atoms with van der Waals surface area (Å²) < 4.78 is 39.0. The Morgan fingerprint density at radius 1 is 0.867 bits per heavy atom. The van der Waals surface area contributed by atoms with E-state index in [1.165, 1.54) is 6.42 Å². The van der Waals surface area contributed by atoms with Crippen LogP contribution in [0.1, 0.15) is 44.2 Å². The first-order chi connectivity index (χ1) is 21.3. The van der Waals surface area contributed by atoms with Crippen LogP contribution in [0.3, 0.4) is 0 Å². The molecule has 0 radical (unpaired) electrons. The molecular weight excluding hydrogens is 595 g/mol. The summed E-state index contributed by atoms with van der Waals surface area (Å²) in [6.45, 7) is 2.93. The van der Waals surface area contributed by atoms with Gasteiger partial charge in [0.05, 0.1) is 19.1 Å². The Kier molecular flexibility index (Phi) is 17.1. The van der Waals surface area contributed by atoms with Gasteiger partial charge in [-0.05, 0) is 24.1 Å². The highest BCUT2D eigenvalue weighted by Gasteiger charge is 2.44. The van der Waals surface area contributed by atoms with Crippen LogP contribution in [0, 0.1) is 11.8 Å². The third-order valence-corrected chi connectivity index (χ3v) is 5.63. The topological polar surface area (TPSA) is 180 Å². The van der Waals surface area contributed by atoms with Crippen molar-refractivity contribution in [3.63, 3.8) is 0 Å². The lowest BCUT2D eigenvalue weighted by Gasteiger charge is -2.26. The molecule has 0 saturated heterocycles. The summed E-state index contributed by atoms with van der Waals surface area (Å²) in [6.07, 6.45) is -7.97. The van der Waals surface area contributed by atoms with Gasteiger partial charge in [0.25, 0.3) is 5.91 Å². The SMILES string of the molecule is CCC.NC(=O)CCC(NC(=O)CNC(=O)C(Cc1ccccc1)NC(=O)CNC(=O)C#Cc1ccccc1)C(O)C(F)(F)F. The fraction of sp³-hybridized carbons (Fsp3) is 0.387. The Balaban J connectivity index is 0.00000324. The molecule has 3 unspecified atom stereocenters. The lowest BCUT2D eigenvalue weighted by atomic mass is 10.0. The van der Waals surface area contributed by atoms with Gasteiger partial charge in [0.15, 0.2) is 6.10 Å². The summed E-state index contributed by atoms with van der Waals surface area (Å²) in [5, 5.41) is 18.5. The molecule has 45 heavy (non-hydrogen) atoms. The molecule has 0 aliphatic heterocycles. The number of nitrogens with two attached hydrogens (primary N) is 1. The quantitative estimate of drug-likeness (QED) is 0.180. The zero-order valence-electron chi connectivity index (χ0n) is 24.9. The molecule has 2 aromatic carbocycles. The molecular formula is C31H38F3N5O6. The lowest BCUT2D eigenvalue weighted by Crippen LogP contribution is -2.54. The number of aliphatic hydroxyl groups is 1. The van der Waals surface area contributed by atoms with Crippen molar-refractivity contribution in [3.05, 3.63) is 71.8 Å². The lowest BCUT2D eigenvalue weighted by molar-refractivity contribution is -0.212. The van der Waals surface area contributed by atoms with E-state index in [0.717, 1.165) is 0 Å². The van der Waals surface area contributed by atoms with Crippen molar-refractivity contribution in [1.82, 2.24) is 21.3 Å². The predicted molar refractivity (Wildman–Crippen MR) is 160 cm³/mol. The summed E-state index contributed by atoms with van der Waals surface area (Å²) in [5.74, 6) is 0.619. The molecule has 0 aliphatic rings. The first-order valence-corrected chi connectivity index (χ1v) is 14.0. The van der Waals surface area contributed by atoms with Crippen LogP contribution in [0.4, 0.5) is 13.2 Å². The van der Waals surface area contributed by atoms with Crippen molar-refractivity contribution in [2.75, 3.05) is 13.1 Å². The number of halogens is 3. The molecule has 5 amide bonds. The number of nitrogens with one attached hydrogen (secondary N) is 4. The minimum absolute atomic E-state index is 0.0180. The van der Waals surface area contributed by atoms with Gasteiger partial charge in [0.2, 0.25) is 23.6 Å². The molecule has 2 aromatic rings. The number of aliphatic hydroxyl groups excluding tert-OH is 1. The Hall–Kier alpha value is -4.90. The maximum Gasteiger partial charge on any atom is 0.416 e. The zero-order chi connectivity index (χ0) is 33.8. The minimum atomic E-state index is -5.09. The standard InChI is InChI=1S/C28H30F3N5O6.C3H8/c29-28(30,31)26(41)20(12-13-22(32)37)35-25(40)17-34-27(42)21(15-19-9-5-2-6-10-19)36-24(39)16-33-23(38)14-11-18-7-3-1-4-8-18;1-3-2/h1-10,20-21,26,41H,12-13,15-17H2,(H2,32,37)(H,33,38)(H,34,42)(H,35,40)(H,36,39);3H2,1-2H3. The van der Waals surface area contributed by atoms with Crippen molar-refractivity contribution < 1.29 is 42.3 Å². The first-order valence-electron chi connectivity index (χ1n) is 14.0. The molecule has 0 bridgehead atoms. The highest BCUT2D eigenvalue weighted by atomic mass is 19.4. The van der Waals surface area contributed by atoms with Crippen LogP contribution in [-0.2, 0) is 30.4 Å². The zero-order valence-corrected chi connectivity index (χ0v) is 24.9. The van der Waals surface area contributed by atoms with E-state index in [0.29, 0.717) is 11.1 Å². The largest absolute Gasteiger partial charge is 0.416 e. The number of amides is 5. The smallest absolute Gasteiger partial charge is 0.382 e. The first kappa shape index (κ1) is 38.1. The van der Waals surface area contributed by atoms with Crippen molar-refractivity contribution in [1.29, 1.82) is 0 Å². The fourth-order valence-corrected chi connectivity index (χ4v) is 3.54. The molecule has 0 saturated carbocycles. The van der Waals surface area contributed by atoms with E-state index in [-0.39, 0.29) is 6.42 Å². The molecule has 7 N–H and O–H groups in total. The van der Waals surface area contributed by atoms with Crippen molar-refractivity contribution in [2.24, 2.45) is 5.73 Å².